The summed E-state index contributed by atoms with van der Waals surface area (Å²) in [6, 6.07) is 3.53. The fraction of sp³-hybridized carbons (Fsp3) is 0.500. The first-order valence-corrected chi connectivity index (χ1v) is 6.93. The number of hydrogen-bond donors (Lipinski definition) is 1. The molecule has 0 unspecified atom stereocenters. The molecule has 1 N–H and O–H groups in total. The number of amides is 1. The lowest BCUT2D eigenvalue weighted by molar-refractivity contribution is -0.118. The highest BCUT2D eigenvalue weighted by Gasteiger charge is 2.14. The van der Waals surface area contributed by atoms with Crippen LogP contribution in [0.1, 0.15) is 12.0 Å². The summed E-state index contributed by atoms with van der Waals surface area (Å²) in [5, 5.41) is 2.96. The number of carbonyl (C=O) groups excluding carboxylic acids is 1. The molecule has 1 aliphatic rings. The van der Waals surface area contributed by atoms with E-state index >= 15 is 0 Å². The second kappa shape index (κ2) is 6.93. The zero-order valence-corrected chi connectivity index (χ0v) is 11.9. The molecule has 1 amide bonds. The molecule has 104 valence electrons. The van der Waals surface area contributed by atoms with Gasteiger partial charge in [0.1, 0.15) is 17.8 Å². The molecule has 0 aromatic carbocycles. The standard InChI is InChI=1S/C12H15Cl2N3O2/c13-6-10(18)15-7-9-2-3-11(16-12(9)14)19-8-17-4-1-5-17/h2-3H,1,4-8H2,(H,15,18). The molecule has 1 aromatic heterocycles. The maximum absolute atomic E-state index is 11.0. The Morgan fingerprint density at radius 3 is 2.84 bits per heavy atom. The van der Waals surface area contributed by atoms with Gasteiger partial charge in [0.2, 0.25) is 11.8 Å². The third-order valence-corrected chi connectivity index (χ3v) is 3.41. The molecule has 7 heteroatoms. The van der Waals surface area contributed by atoms with E-state index < -0.39 is 0 Å². The Kier molecular flexibility index (Phi) is 5.24. The first-order valence-electron chi connectivity index (χ1n) is 6.02. The summed E-state index contributed by atoms with van der Waals surface area (Å²) in [4.78, 5) is 17.4. The largest absolute Gasteiger partial charge is 0.461 e. The number of likely N-dealkylation sites (tertiary alicyclic amines) is 1. The molecule has 1 fully saturated rings. The number of alkyl halides is 1. The summed E-state index contributed by atoms with van der Waals surface area (Å²) in [5.41, 5.74) is 0.733. The van der Waals surface area contributed by atoms with Crippen molar-refractivity contribution in [2.75, 3.05) is 25.7 Å². The van der Waals surface area contributed by atoms with Crippen molar-refractivity contribution in [2.24, 2.45) is 0 Å². The van der Waals surface area contributed by atoms with Gasteiger partial charge in [-0.2, -0.15) is 0 Å². The van der Waals surface area contributed by atoms with E-state index in [1.807, 2.05) is 0 Å². The molecule has 0 saturated carbocycles. The van der Waals surface area contributed by atoms with Crippen LogP contribution in [0.25, 0.3) is 0 Å². The van der Waals surface area contributed by atoms with E-state index in [1.54, 1.807) is 12.1 Å². The van der Waals surface area contributed by atoms with Crippen molar-refractivity contribution in [1.29, 1.82) is 0 Å². The highest BCUT2D eigenvalue weighted by molar-refractivity contribution is 6.30. The molecule has 2 rings (SSSR count). The van der Waals surface area contributed by atoms with Gasteiger partial charge < -0.3 is 10.1 Å². The van der Waals surface area contributed by atoms with Gasteiger partial charge in [-0.1, -0.05) is 11.6 Å². The Morgan fingerprint density at radius 1 is 1.47 bits per heavy atom. The molecular weight excluding hydrogens is 289 g/mol. The van der Waals surface area contributed by atoms with Gasteiger partial charge in [-0.15, -0.1) is 11.6 Å². The topological polar surface area (TPSA) is 54.5 Å². The average Bonchev–Trinajstić information content (AvgIpc) is 2.35. The van der Waals surface area contributed by atoms with E-state index in [0.29, 0.717) is 24.3 Å². The van der Waals surface area contributed by atoms with Crippen molar-refractivity contribution in [3.63, 3.8) is 0 Å². The molecule has 5 nitrogen and oxygen atoms in total. The quantitative estimate of drug-likeness (QED) is 0.641. The molecule has 1 aromatic rings. The Bertz CT molecular complexity index is 453. The summed E-state index contributed by atoms with van der Waals surface area (Å²) < 4.78 is 5.51. The lowest BCUT2D eigenvalue weighted by Crippen LogP contribution is -2.39. The van der Waals surface area contributed by atoms with Crippen LogP contribution in [0.5, 0.6) is 5.88 Å². The van der Waals surface area contributed by atoms with Crippen molar-refractivity contribution in [2.45, 2.75) is 13.0 Å². The SMILES string of the molecule is O=C(CCl)NCc1ccc(OCN2CCC2)nc1Cl. The Labute approximate surface area is 121 Å². The monoisotopic (exact) mass is 303 g/mol. The van der Waals surface area contributed by atoms with Crippen LogP contribution in [0.2, 0.25) is 5.15 Å². The molecule has 0 aliphatic carbocycles. The molecule has 0 spiro atoms. The van der Waals surface area contributed by atoms with Crippen LogP contribution in [-0.2, 0) is 11.3 Å². The van der Waals surface area contributed by atoms with Crippen molar-refractivity contribution in [3.05, 3.63) is 22.8 Å². The zero-order valence-electron chi connectivity index (χ0n) is 10.4. The van der Waals surface area contributed by atoms with E-state index in [2.05, 4.69) is 15.2 Å². The number of nitrogens with zero attached hydrogens (tertiary/aromatic N) is 2. The van der Waals surface area contributed by atoms with Gasteiger partial charge >= 0.3 is 0 Å². The van der Waals surface area contributed by atoms with Crippen LogP contribution in [0.3, 0.4) is 0 Å². The second-order valence-corrected chi connectivity index (χ2v) is 4.88. The molecule has 0 atom stereocenters. The summed E-state index contributed by atoms with van der Waals surface area (Å²) in [6.07, 6.45) is 1.22. The van der Waals surface area contributed by atoms with Crippen LogP contribution in [0.4, 0.5) is 0 Å². The maximum atomic E-state index is 11.0. The van der Waals surface area contributed by atoms with Gasteiger partial charge in [0, 0.05) is 31.3 Å². The third-order valence-electron chi connectivity index (χ3n) is 2.84. The van der Waals surface area contributed by atoms with Gasteiger partial charge in [0.05, 0.1) is 0 Å². The van der Waals surface area contributed by atoms with Gasteiger partial charge in [-0.25, -0.2) is 4.98 Å². The molecule has 0 radical (unpaired) electrons. The van der Waals surface area contributed by atoms with E-state index in [0.717, 1.165) is 18.7 Å². The van der Waals surface area contributed by atoms with E-state index in [1.165, 1.54) is 6.42 Å². The maximum Gasteiger partial charge on any atom is 0.235 e. The minimum absolute atomic E-state index is 0.0674. The van der Waals surface area contributed by atoms with Gasteiger partial charge in [-0.05, 0) is 12.5 Å². The fourth-order valence-electron chi connectivity index (χ4n) is 1.57. The van der Waals surface area contributed by atoms with Crippen molar-refractivity contribution in [3.8, 4) is 5.88 Å². The fourth-order valence-corrected chi connectivity index (χ4v) is 1.88. The molecule has 1 aliphatic heterocycles. The van der Waals surface area contributed by atoms with Crippen LogP contribution in [0, 0.1) is 0 Å². The van der Waals surface area contributed by atoms with Gasteiger partial charge in [0.25, 0.3) is 0 Å². The lowest BCUT2D eigenvalue weighted by atomic mass is 10.2. The third kappa shape index (κ3) is 4.23. The minimum Gasteiger partial charge on any atom is -0.461 e. The average molecular weight is 304 g/mol. The van der Waals surface area contributed by atoms with E-state index in [-0.39, 0.29) is 11.8 Å². The summed E-state index contributed by atoms with van der Waals surface area (Å²) in [6.45, 7) is 2.97. The lowest BCUT2D eigenvalue weighted by Gasteiger charge is -2.29. The smallest absolute Gasteiger partial charge is 0.235 e. The molecular formula is C12H15Cl2N3O2. The predicted octanol–water partition coefficient (Wildman–Crippen LogP) is 1.63. The summed E-state index contributed by atoms with van der Waals surface area (Å²) in [5.74, 6) is 0.183. The minimum atomic E-state index is -0.240. The van der Waals surface area contributed by atoms with Crippen LogP contribution in [0.15, 0.2) is 12.1 Å². The summed E-state index contributed by atoms with van der Waals surface area (Å²) >= 11 is 11.4. The highest BCUT2D eigenvalue weighted by Crippen LogP contribution is 2.18. The number of rotatable bonds is 6. The highest BCUT2D eigenvalue weighted by atomic mass is 35.5. The first-order chi connectivity index (χ1) is 9.19. The van der Waals surface area contributed by atoms with Crippen molar-refractivity contribution in [1.82, 2.24) is 15.2 Å². The molecule has 1 saturated heterocycles. The summed E-state index contributed by atoms with van der Waals surface area (Å²) in [7, 11) is 0. The number of pyridine rings is 1. The number of nitrogens with one attached hydrogen (secondary N) is 1. The normalized spacial score (nSPS) is 14.8. The van der Waals surface area contributed by atoms with E-state index in [4.69, 9.17) is 27.9 Å². The number of hydrogen-bond acceptors (Lipinski definition) is 4. The molecule has 0 bridgehead atoms. The predicted molar refractivity (Wildman–Crippen MR) is 73.5 cm³/mol. The number of carbonyl (C=O) groups is 1. The van der Waals surface area contributed by atoms with Gasteiger partial charge in [-0.3, -0.25) is 9.69 Å². The Hall–Kier alpha value is -1.04. The second-order valence-electron chi connectivity index (χ2n) is 4.25. The van der Waals surface area contributed by atoms with Crippen molar-refractivity contribution < 1.29 is 9.53 Å². The Balaban J connectivity index is 1.86. The van der Waals surface area contributed by atoms with E-state index in [9.17, 15) is 4.79 Å². The van der Waals surface area contributed by atoms with Crippen LogP contribution in [-0.4, -0.2) is 41.5 Å². The zero-order chi connectivity index (χ0) is 13.7. The van der Waals surface area contributed by atoms with Crippen LogP contribution < -0.4 is 10.1 Å². The van der Waals surface area contributed by atoms with Crippen LogP contribution >= 0.6 is 23.2 Å². The first kappa shape index (κ1) is 14.4. The van der Waals surface area contributed by atoms with Gasteiger partial charge in [0.15, 0.2) is 0 Å². The van der Waals surface area contributed by atoms with Crippen molar-refractivity contribution >= 4 is 29.1 Å². The Morgan fingerprint density at radius 2 is 2.26 bits per heavy atom. The molecule has 19 heavy (non-hydrogen) atoms. The molecule has 2 heterocycles. The number of ether oxygens (including phenoxy) is 1. The number of halogens is 2. The number of aromatic nitrogens is 1.